The van der Waals surface area contributed by atoms with E-state index in [2.05, 4.69) is 5.16 Å². The number of fused-ring (bicyclic) bond motifs is 7. The number of non-ortho nitro benzene ring substituents is 2. The molecule has 5 aromatic rings. The Morgan fingerprint density at radius 3 is 2.08 bits per heavy atom. The van der Waals surface area contributed by atoms with E-state index in [0.717, 1.165) is 12.1 Å². The molecule has 0 bridgehead atoms. The molecule has 23 nitrogen and oxygen atoms in total. The van der Waals surface area contributed by atoms with Crippen molar-refractivity contribution in [2.75, 3.05) is 0 Å². The SMILES string of the molecule is [B]C(=O)Oc1ccc2nc3c(cc2c1)Cn1c-3cc([C@H](CC)OC(=O)[C@@H](C)ON=C2c3cc([N+](=O)[O-])cc([N+](=O)[O-])c3-c3c2cc([N+](=O)[O-])cc3[N+](=O)[O-])c(COC=O)c1=O. The molecule has 306 valence electrons. The smallest absolute Gasteiger partial charge is 0.350 e. The molecule has 0 saturated heterocycles. The van der Waals surface area contributed by atoms with Crippen LogP contribution < -0.4 is 10.3 Å². The summed E-state index contributed by atoms with van der Waals surface area (Å²) in [7, 11) is 5.14. The van der Waals surface area contributed by atoms with Crippen LogP contribution in [-0.2, 0) is 37.1 Å². The number of aromatic nitrogens is 2. The number of nitro benzene ring substituents is 4. The van der Waals surface area contributed by atoms with Crippen molar-refractivity contribution in [2.45, 2.75) is 45.6 Å². The summed E-state index contributed by atoms with van der Waals surface area (Å²) in [6.45, 7) is 2.45. The van der Waals surface area contributed by atoms with Gasteiger partial charge in [-0.1, -0.05) is 12.1 Å². The van der Waals surface area contributed by atoms with Crippen LogP contribution in [0.1, 0.15) is 54.2 Å². The van der Waals surface area contributed by atoms with E-state index < -0.39 is 107 Å². The number of carbonyl (C=O) groups excluding carboxylic acids is 3. The first-order valence-electron chi connectivity index (χ1n) is 17.6. The Kier molecular flexibility index (Phi) is 10.5. The zero-order chi connectivity index (χ0) is 44.0. The molecule has 3 heterocycles. The first-order valence-corrected chi connectivity index (χ1v) is 17.6. The van der Waals surface area contributed by atoms with Gasteiger partial charge in [0.2, 0.25) is 19.8 Å². The Labute approximate surface area is 340 Å². The highest BCUT2D eigenvalue weighted by atomic mass is 16.7. The second-order valence-electron chi connectivity index (χ2n) is 13.4. The Bertz CT molecular complexity index is 2830. The lowest BCUT2D eigenvalue weighted by Gasteiger charge is -2.22. The molecule has 24 heteroatoms. The van der Waals surface area contributed by atoms with E-state index in [9.17, 15) is 59.6 Å². The van der Waals surface area contributed by atoms with Crippen LogP contribution in [0, 0.1) is 40.5 Å². The molecule has 2 radical (unpaired) electrons. The van der Waals surface area contributed by atoms with E-state index in [-0.39, 0.29) is 36.3 Å². The maximum atomic E-state index is 14.0. The van der Waals surface area contributed by atoms with E-state index in [4.69, 9.17) is 31.9 Å². The van der Waals surface area contributed by atoms with Gasteiger partial charge in [0.1, 0.15) is 24.2 Å². The lowest BCUT2D eigenvalue weighted by Crippen LogP contribution is -2.29. The van der Waals surface area contributed by atoms with Crippen LogP contribution in [0.25, 0.3) is 33.4 Å². The highest BCUT2D eigenvalue weighted by Crippen LogP contribution is 2.50. The molecule has 0 unspecified atom stereocenters. The second-order valence-corrected chi connectivity index (χ2v) is 13.4. The number of esters is 1. The molecule has 0 fully saturated rings. The van der Waals surface area contributed by atoms with E-state index >= 15 is 0 Å². The predicted octanol–water partition coefficient (Wildman–Crippen LogP) is 5.23. The quantitative estimate of drug-likeness (QED) is 0.0445. The van der Waals surface area contributed by atoms with Crippen LogP contribution in [0.3, 0.4) is 0 Å². The number of carbonyl (C=O) groups is 3. The van der Waals surface area contributed by atoms with Crippen molar-refractivity contribution in [2.24, 2.45) is 5.16 Å². The molecule has 0 spiro atoms. The number of benzene rings is 3. The van der Waals surface area contributed by atoms with Crippen molar-refractivity contribution in [3.05, 3.63) is 133 Å². The first-order chi connectivity index (χ1) is 29.0. The summed E-state index contributed by atoms with van der Waals surface area (Å²) in [4.78, 5) is 104. The van der Waals surface area contributed by atoms with Gasteiger partial charge < -0.3 is 23.6 Å². The standard InChI is InChI=1S/C37H24BN7O16/c1-3-30(22-12-29-33-18(13-41(29)35(47)25(22)14-58-15-46)6-17-7-21(59-37(38)49)4-5-26(17)39-33)60-36(48)16(2)61-40-34-23-8-19(42(50)51)10-27(44(54)55)31(23)32-24(34)9-20(43(52)53)11-28(32)45(56)57/h4-12,15-16,30H,3,13-14H2,1-2H3/t16-,30+/m1/s1. The number of nitro groups is 4. The Morgan fingerprint density at radius 1 is 0.918 bits per heavy atom. The summed E-state index contributed by atoms with van der Waals surface area (Å²) in [5.74, 6) is -1.95. The van der Waals surface area contributed by atoms with Gasteiger partial charge >= 0.3 is 5.97 Å². The molecule has 2 aromatic heterocycles. The minimum Gasteiger partial charge on any atom is -0.463 e. The molecular weight excluding hydrogens is 809 g/mol. The van der Waals surface area contributed by atoms with Gasteiger partial charge in [0, 0.05) is 39.8 Å². The maximum Gasteiger partial charge on any atom is 0.350 e. The Balaban J connectivity index is 1.25. The lowest BCUT2D eigenvalue weighted by atomic mass is 10.00. The molecule has 1 aliphatic carbocycles. The van der Waals surface area contributed by atoms with Gasteiger partial charge in [-0.15, -0.1) is 0 Å². The number of rotatable bonds is 14. The summed E-state index contributed by atoms with van der Waals surface area (Å²) in [5, 5.41) is 52.3. The van der Waals surface area contributed by atoms with Crippen molar-refractivity contribution in [1.29, 1.82) is 0 Å². The van der Waals surface area contributed by atoms with Crippen molar-refractivity contribution in [3.63, 3.8) is 0 Å². The topological polar surface area (TPSA) is 308 Å². The minimum absolute atomic E-state index is 0.0376. The molecular formula is C37H24BN7O16. The Morgan fingerprint density at radius 2 is 1.54 bits per heavy atom. The minimum atomic E-state index is -1.65. The fourth-order valence-electron chi connectivity index (χ4n) is 7.14. The average Bonchev–Trinajstić information content (AvgIpc) is 3.73. The third-order valence-corrected chi connectivity index (χ3v) is 9.78. The van der Waals surface area contributed by atoms with Gasteiger partial charge in [0.25, 0.3) is 34.8 Å². The predicted molar refractivity (Wildman–Crippen MR) is 207 cm³/mol. The molecule has 2 atom stereocenters. The van der Waals surface area contributed by atoms with Crippen LogP contribution in [0.5, 0.6) is 5.75 Å². The second kappa shape index (κ2) is 15.7. The number of hydrogen-bond donors (Lipinski definition) is 0. The molecule has 0 saturated carbocycles. The van der Waals surface area contributed by atoms with Crippen LogP contribution in [0.15, 0.2) is 64.5 Å². The average molecular weight is 833 g/mol. The first kappa shape index (κ1) is 40.8. The fourth-order valence-corrected chi connectivity index (χ4v) is 7.14. The van der Waals surface area contributed by atoms with E-state index in [1.165, 1.54) is 17.6 Å². The maximum absolute atomic E-state index is 14.0. The fraction of sp³-hybridized carbons (Fsp3) is 0.189. The van der Waals surface area contributed by atoms with Crippen molar-refractivity contribution >= 4 is 65.5 Å². The van der Waals surface area contributed by atoms with E-state index in [0.29, 0.717) is 40.0 Å². The monoisotopic (exact) mass is 833 g/mol. The molecule has 7 rings (SSSR count). The zero-order valence-electron chi connectivity index (χ0n) is 31.3. The van der Waals surface area contributed by atoms with Gasteiger partial charge in [-0.05, 0) is 43.7 Å². The number of oxime groups is 1. The van der Waals surface area contributed by atoms with Crippen LogP contribution in [-0.4, -0.2) is 67.2 Å². The molecule has 61 heavy (non-hydrogen) atoms. The summed E-state index contributed by atoms with van der Waals surface area (Å²) >= 11 is 0. The van der Waals surface area contributed by atoms with E-state index in [1.54, 1.807) is 31.2 Å². The number of ether oxygens (including phenoxy) is 3. The van der Waals surface area contributed by atoms with Gasteiger partial charge in [-0.3, -0.25) is 54.8 Å². The highest BCUT2D eigenvalue weighted by molar-refractivity contribution is 6.55. The molecule has 3 aromatic carbocycles. The van der Waals surface area contributed by atoms with Crippen LogP contribution in [0.2, 0.25) is 0 Å². The molecule has 1 aliphatic heterocycles. The van der Waals surface area contributed by atoms with Gasteiger partial charge in [-0.25, -0.2) is 9.78 Å². The summed E-state index contributed by atoms with van der Waals surface area (Å²) in [6, 6.07) is 10.7. The number of nitrogens with zero attached hydrogens (tertiary/aromatic N) is 7. The summed E-state index contributed by atoms with van der Waals surface area (Å²) in [6.07, 6.45) is -2.80. The summed E-state index contributed by atoms with van der Waals surface area (Å²) < 4.78 is 17.1. The third-order valence-electron chi connectivity index (χ3n) is 9.78. The van der Waals surface area contributed by atoms with Gasteiger partial charge in [-0.2, -0.15) is 0 Å². The Hall–Kier alpha value is -8.44. The zero-order valence-corrected chi connectivity index (χ0v) is 31.3. The highest BCUT2D eigenvalue weighted by Gasteiger charge is 2.42. The van der Waals surface area contributed by atoms with Crippen molar-refractivity contribution in [3.8, 4) is 28.3 Å². The lowest BCUT2D eigenvalue weighted by molar-refractivity contribution is -0.395. The van der Waals surface area contributed by atoms with Crippen molar-refractivity contribution < 1.29 is 53.1 Å². The number of hydrogen-bond acceptors (Lipinski definition) is 18. The largest absolute Gasteiger partial charge is 0.463 e. The van der Waals surface area contributed by atoms with Crippen molar-refractivity contribution in [1.82, 2.24) is 9.55 Å². The van der Waals surface area contributed by atoms with E-state index in [1.807, 2.05) is 0 Å². The van der Waals surface area contributed by atoms with Crippen LogP contribution in [0.4, 0.5) is 27.5 Å². The van der Waals surface area contributed by atoms with Gasteiger partial charge in [0.05, 0.1) is 72.0 Å². The normalized spacial score (nSPS) is 12.9. The molecule has 2 aliphatic rings. The molecule has 0 N–H and O–H groups in total. The van der Waals surface area contributed by atoms with Gasteiger partial charge in [0.15, 0.2) is 0 Å². The van der Waals surface area contributed by atoms with Crippen LogP contribution >= 0.6 is 0 Å². The number of pyridine rings is 2. The third kappa shape index (κ3) is 7.32. The molecule has 0 amide bonds. The summed E-state index contributed by atoms with van der Waals surface area (Å²) in [5.41, 5.74) is -4.60.